The van der Waals surface area contributed by atoms with Crippen molar-refractivity contribution in [3.8, 4) is 0 Å². The van der Waals surface area contributed by atoms with Gasteiger partial charge in [-0.05, 0) is 53.1 Å². The van der Waals surface area contributed by atoms with Crippen molar-refractivity contribution in [2.75, 3.05) is 0 Å². The zero-order valence-electron chi connectivity index (χ0n) is 15.5. The van der Waals surface area contributed by atoms with Gasteiger partial charge in [0.05, 0.1) is 6.04 Å². The second kappa shape index (κ2) is 6.93. The molecule has 4 aromatic carbocycles. The highest BCUT2D eigenvalue weighted by Gasteiger charge is 2.23. The van der Waals surface area contributed by atoms with E-state index >= 15 is 0 Å². The topological polar surface area (TPSA) is 45.0 Å². The summed E-state index contributed by atoms with van der Waals surface area (Å²) >= 11 is 0. The van der Waals surface area contributed by atoms with Crippen LogP contribution in [0.15, 0.2) is 95.2 Å². The fourth-order valence-electron chi connectivity index (χ4n) is 3.27. The van der Waals surface area contributed by atoms with Crippen LogP contribution in [-0.2, 0) is 5.72 Å². The number of hydrogen-bond donors (Lipinski definition) is 1. The molecule has 3 nitrogen and oxygen atoms in total. The Kier molecular flexibility index (Phi) is 4.46. The minimum atomic E-state index is -1.37. The maximum absolute atomic E-state index is 10.9. The standard InChI is InChI=1S/C24H22N2O/c1-17(20-12-11-18-7-3-5-9-21(18)15-20)25-26-24(2,27)23-14-13-19-8-4-6-10-22(19)16-23/h3-17,27H,1-2H3/b26-25+. The van der Waals surface area contributed by atoms with Gasteiger partial charge in [0, 0.05) is 5.56 Å². The van der Waals surface area contributed by atoms with Gasteiger partial charge in [0.15, 0.2) is 5.72 Å². The molecule has 0 amide bonds. The lowest BCUT2D eigenvalue weighted by molar-refractivity contribution is 0.0574. The van der Waals surface area contributed by atoms with E-state index < -0.39 is 5.72 Å². The molecule has 0 aliphatic carbocycles. The number of aliphatic hydroxyl groups is 1. The molecule has 0 aromatic heterocycles. The first kappa shape index (κ1) is 17.4. The average Bonchev–Trinajstić information content (AvgIpc) is 2.71. The van der Waals surface area contributed by atoms with E-state index in [0.717, 1.165) is 21.9 Å². The smallest absolute Gasteiger partial charge is 0.199 e. The van der Waals surface area contributed by atoms with Crippen LogP contribution in [0, 0.1) is 0 Å². The van der Waals surface area contributed by atoms with Crippen molar-refractivity contribution in [1.82, 2.24) is 0 Å². The molecule has 0 radical (unpaired) electrons. The van der Waals surface area contributed by atoms with Crippen molar-refractivity contribution >= 4 is 21.5 Å². The normalized spacial score (nSPS) is 15.2. The number of rotatable bonds is 4. The molecule has 0 heterocycles. The summed E-state index contributed by atoms with van der Waals surface area (Å²) in [5.41, 5.74) is 0.442. The van der Waals surface area contributed by atoms with Gasteiger partial charge in [0.1, 0.15) is 0 Å². The van der Waals surface area contributed by atoms with Crippen LogP contribution in [0.1, 0.15) is 31.0 Å². The second-order valence-corrected chi connectivity index (χ2v) is 7.08. The molecular formula is C24H22N2O. The van der Waals surface area contributed by atoms with E-state index in [0.29, 0.717) is 0 Å². The Labute approximate surface area is 159 Å². The fraction of sp³-hybridized carbons (Fsp3) is 0.167. The molecule has 4 rings (SSSR count). The molecule has 1 N–H and O–H groups in total. The van der Waals surface area contributed by atoms with Crippen molar-refractivity contribution in [2.45, 2.75) is 25.6 Å². The molecule has 2 atom stereocenters. The van der Waals surface area contributed by atoms with E-state index in [-0.39, 0.29) is 6.04 Å². The van der Waals surface area contributed by atoms with Crippen LogP contribution in [0.4, 0.5) is 0 Å². The number of nitrogens with zero attached hydrogens (tertiary/aromatic N) is 2. The number of azo groups is 1. The molecule has 2 unspecified atom stereocenters. The van der Waals surface area contributed by atoms with Crippen LogP contribution in [0.2, 0.25) is 0 Å². The van der Waals surface area contributed by atoms with Gasteiger partial charge in [-0.15, -0.1) is 0 Å². The van der Waals surface area contributed by atoms with Gasteiger partial charge in [-0.25, -0.2) is 0 Å². The lowest BCUT2D eigenvalue weighted by Gasteiger charge is -2.19. The van der Waals surface area contributed by atoms with Crippen LogP contribution in [0.3, 0.4) is 0 Å². The first-order valence-electron chi connectivity index (χ1n) is 9.15. The summed E-state index contributed by atoms with van der Waals surface area (Å²) in [4.78, 5) is 0. The summed E-state index contributed by atoms with van der Waals surface area (Å²) in [6, 6.07) is 28.4. The SMILES string of the molecule is CC(/N=N/C(C)(O)c1ccc2ccccc2c1)c1ccc2ccccc2c1. The highest BCUT2D eigenvalue weighted by atomic mass is 16.3. The van der Waals surface area contributed by atoms with Gasteiger partial charge < -0.3 is 5.11 Å². The van der Waals surface area contributed by atoms with Gasteiger partial charge in [-0.2, -0.15) is 10.2 Å². The largest absolute Gasteiger partial charge is 0.364 e. The number of benzene rings is 4. The Balaban J connectivity index is 1.60. The van der Waals surface area contributed by atoms with Crippen molar-refractivity contribution in [3.05, 3.63) is 96.1 Å². The van der Waals surface area contributed by atoms with Crippen LogP contribution in [0.5, 0.6) is 0 Å². The third kappa shape index (κ3) is 3.60. The predicted octanol–water partition coefficient (Wildman–Crippen LogP) is 6.37. The van der Waals surface area contributed by atoms with E-state index in [2.05, 4.69) is 46.6 Å². The van der Waals surface area contributed by atoms with E-state index in [9.17, 15) is 5.11 Å². The van der Waals surface area contributed by atoms with Gasteiger partial charge in [0.2, 0.25) is 0 Å². The molecule has 134 valence electrons. The molecular weight excluding hydrogens is 332 g/mol. The average molecular weight is 354 g/mol. The lowest BCUT2D eigenvalue weighted by atomic mass is 10.0. The van der Waals surface area contributed by atoms with E-state index in [1.807, 2.05) is 55.5 Å². The molecule has 0 aliphatic heterocycles. The van der Waals surface area contributed by atoms with E-state index in [1.54, 1.807) is 6.92 Å². The first-order valence-corrected chi connectivity index (χ1v) is 9.15. The Morgan fingerprint density at radius 3 is 1.96 bits per heavy atom. The summed E-state index contributed by atoms with van der Waals surface area (Å²) in [5.74, 6) is 0. The monoisotopic (exact) mass is 354 g/mol. The Morgan fingerprint density at radius 2 is 1.30 bits per heavy atom. The van der Waals surface area contributed by atoms with Crippen LogP contribution < -0.4 is 0 Å². The lowest BCUT2D eigenvalue weighted by Crippen LogP contribution is -2.17. The van der Waals surface area contributed by atoms with Crippen LogP contribution in [-0.4, -0.2) is 5.11 Å². The van der Waals surface area contributed by atoms with Crippen molar-refractivity contribution in [1.29, 1.82) is 0 Å². The molecule has 0 bridgehead atoms. The molecule has 3 heteroatoms. The minimum absolute atomic E-state index is 0.137. The zero-order valence-corrected chi connectivity index (χ0v) is 15.5. The number of hydrogen-bond acceptors (Lipinski definition) is 3. The quantitative estimate of drug-likeness (QED) is 0.425. The van der Waals surface area contributed by atoms with Crippen molar-refractivity contribution < 1.29 is 5.11 Å². The third-order valence-corrected chi connectivity index (χ3v) is 4.98. The summed E-state index contributed by atoms with van der Waals surface area (Å²) in [5, 5.41) is 24.1. The molecule has 0 aliphatic rings. The highest BCUT2D eigenvalue weighted by molar-refractivity contribution is 5.83. The predicted molar refractivity (Wildman–Crippen MR) is 111 cm³/mol. The van der Waals surface area contributed by atoms with Crippen LogP contribution in [0.25, 0.3) is 21.5 Å². The van der Waals surface area contributed by atoms with Crippen molar-refractivity contribution in [2.24, 2.45) is 10.2 Å². The van der Waals surface area contributed by atoms with E-state index in [1.165, 1.54) is 10.8 Å². The van der Waals surface area contributed by atoms with Gasteiger partial charge in [0.25, 0.3) is 0 Å². The maximum atomic E-state index is 10.9. The minimum Gasteiger partial charge on any atom is -0.364 e. The second-order valence-electron chi connectivity index (χ2n) is 7.08. The Morgan fingerprint density at radius 1 is 0.741 bits per heavy atom. The molecule has 0 saturated carbocycles. The van der Waals surface area contributed by atoms with Crippen LogP contribution >= 0.6 is 0 Å². The summed E-state index contributed by atoms with van der Waals surface area (Å²) in [6.45, 7) is 3.66. The summed E-state index contributed by atoms with van der Waals surface area (Å²) < 4.78 is 0. The first-order chi connectivity index (χ1) is 13.0. The fourth-order valence-corrected chi connectivity index (χ4v) is 3.27. The molecule has 0 fully saturated rings. The third-order valence-electron chi connectivity index (χ3n) is 4.98. The number of fused-ring (bicyclic) bond motifs is 2. The molecule has 0 saturated heterocycles. The Hall–Kier alpha value is -3.04. The van der Waals surface area contributed by atoms with Gasteiger partial charge >= 0.3 is 0 Å². The van der Waals surface area contributed by atoms with Gasteiger partial charge in [-0.1, -0.05) is 72.8 Å². The molecule has 27 heavy (non-hydrogen) atoms. The molecule has 4 aromatic rings. The zero-order chi connectivity index (χ0) is 18.9. The summed E-state index contributed by atoms with van der Waals surface area (Å²) in [6.07, 6.45) is 0. The van der Waals surface area contributed by atoms with Crippen molar-refractivity contribution in [3.63, 3.8) is 0 Å². The highest BCUT2D eigenvalue weighted by Crippen LogP contribution is 2.29. The van der Waals surface area contributed by atoms with Gasteiger partial charge in [-0.3, -0.25) is 0 Å². The maximum Gasteiger partial charge on any atom is 0.199 e. The molecule has 0 spiro atoms. The summed E-state index contributed by atoms with van der Waals surface area (Å²) in [7, 11) is 0. The Bertz CT molecular complexity index is 1130. The van der Waals surface area contributed by atoms with E-state index in [4.69, 9.17) is 0 Å².